The Balaban J connectivity index is 0. The molecule has 0 aliphatic rings. The molecule has 0 saturated carbocycles. The molecule has 9 heteroatoms. The molecule has 0 rings (SSSR count). The quantitative estimate of drug-likeness (QED) is 0.198. The first-order valence-electron chi connectivity index (χ1n) is 8.26. The van der Waals surface area contributed by atoms with Crippen molar-refractivity contribution in [2.24, 2.45) is 4.99 Å². The lowest BCUT2D eigenvalue weighted by Gasteiger charge is -2.20. The van der Waals surface area contributed by atoms with Gasteiger partial charge in [0.05, 0.1) is 6.54 Å². The molecule has 0 aliphatic carbocycles. The third kappa shape index (κ3) is 16.1. The number of amides is 2. The van der Waals surface area contributed by atoms with E-state index in [1.807, 2.05) is 27.7 Å². The topological polar surface area (TPSA) is 95.1 Å². The molecule has 25 heavy (non-hydrogen) atoms. The van der Waals surface area contributed by atoms with E-state index in [9.17, 15) is 9.59 Å². The van der Waals surface area contributed by atoms with Gasteiger partial charge in [0.15, 0.2) is 5.96 Å². The maximum atomic E-state index is 11.9. The molecule has 0 bridgehead atoms. The molecule has 0 aromatic carbocycles. The molecule has 0 fully saturated rings. The van der Waals surface area contributed by atoms with Crippen LogP contribution >= 0.6 is 24.0 Å². The number of likely N-dealkylation sites (N-methyl/N-ethyl adjacent to an activating group) is 1. The highest BCUT2D eigenvalue weighted by molar-refractivity contribution is 14.0. The van der Waals surface area contributed by atoms with Gasteiger partial charge in [-0.15, -0.1) is 24.0 Å². The SMILES string of the molecule is CCOCCCNC(=NCC(=O)NC(C)(C)C)NCC(=O)N(C)C.I. The van der Waals surface area contributed by atoms with Crippen molar-refractivity contribution >= 4 is 41.8 Å². The molecule has 2 amide bonds. The van der Waals surface area contributed by atoms with Gasteiger partial charge in [-0.1, -0.05) is 0 Å². The Morgan fingerprint density at radius 1 is 1.16 bits per heavy atom. The van der Waals surface area contributed by atoms with Crippen molar-refractivity contribution in [1.29, 1.82) is 0 Å². The van der Waals surface area contributed by atoms with Gasteiger partial charge < -0.3 is 25.6 Å². The highest BCUT2D eigenvalue weighted by atomic mass is 127. The third-order valence-electron chi connectivity index (χ3n) is 2.76. The van der Waals surface area contributed by atoms with Crippen molar-refractivity contribution in [2.75, 3.05) is 46.9 Å². The van der Waals surface area contributed by atoms with E-state index in [1.165, 1.54) is 4.90 Å². The number of nitrogens with one attached hydrogen (secondary N) is 3. The van der Waals surface area contributed by atoms with E-state index >= 15 is 0 Å². The van der Waals surface area contributed by atoms with Gasteiger partial charge >= 0.3 is 0 Å². The zero-order valence-corrected chi connectivity index (χ0v) is 18.6. The van der Waals surface area contributed by atoms with Gasteiger partial charge in [-0.05, 0) is 34.1 Å². The van der Waals surface area contributed by atoms with Crippen LogP contribution in [-0.4, -0.2) is 75.2 Å². The molecule has 0 aromatic heterocycles. The van der Waals surface area contributed by atoms with Gasteiger partial charge in [-0.3, -0.25) is 9.59 Å². The molecule has 0 aromatic rings. The fourth-order valence-electron chi connectivity index (χ4n) is 1.63. The van der Waals surface area contributed by atoms with E-state index in [0.29, 0.717) is 25.7 Å². The predicted molar refractivity (Wildman–Crippen MR) is 111 cm³/mol. The second-order valence-electron chi connectivity index (χ2n) is 6.58. The fraction of sp³-hybridized carbons (Fsp3) is 0.812. The number of hydrogen-bond acceptors (Lipinski definition) is 4. The van der Waals surface area contributed by atoms with Crippen molar-refractivity contribution in [3.8, 4) is 0 Å². The standard InChI is InChI=1S/C16H33N5O3.HI/c1-7-24-10-8-9-17-15(19-12-14(23)21(5)6)18-11-13(22)20-16(2,3)4;/h7-12H2,1-6H3,(H,20,22)(H2,17,18,19);1H. The van der Waals surface area contributed by atoms with Crippen molar-refractivity contribution in [3.63, 3.8) is 0 Å². The number of halogens is 1. The monoisotopic (exact) mass is 471 g/mol. The number of rotatable bonds is 9. The number of ether oxygens (including phenoxy) is 1. The molecule has 8 nitrogen and oxygen atoms in total. The van der Waals surface area contributed by atoms with Crippen LogP contribution in [0.1, 0.15) is 34.1 Å². The normalized spacial score (nSPS) is 11.4. The second-order valence-corrected chi connectivity index (χ2v) is 6.58. The van der Waals surface area contributed by atoms with E-state index in [-0.39, 0.29) is 54.4 Å². The van der Waals surface area contributed by atoms with Crippen LogP contribution < -0.4 is 16.0 Å². The van der Waals surface area contributed by atoms with E-state index in [4.69, 9.17) is 4.74 Å². The minimum absolute atomic E-state index is 0. The van der Waals surface area contributed by atoms with Crippen LogP contribution in [0.5, 0.6) is 0 Å². The zero-order chi connectivity index (χ0) is 18.6. The molecule has 3 N–H and O–H groups in total. The van der Waals surface area contributed by atoms with Crippen LogP contribution in [0.4, 0.5) is 0 Å². The van der Waals surface area contributed by atoms with E-state index in [0.717, 1.165) is 6.42 Å². The van der Waals surface area contributed by atoms with Crippen LogP contribution in [0.25, 0.3) is 0 Å². The van der Waals surface area contributed by atoms with E-state index in [1.54, 1.807) is 14.1 Å². The lowest BCUT2D eigenvalue weighted by Crippen LogP contribution is -2.45. The van der Waals surface area contributed by atoms with Gasteiger partial charge in [-0.2, -0.15) is 0 Å². The maximum Gasteiger partial charge on any atom is 0.242 e. The average molecular weight is 471 g/mol. The molecule has 0 atom stereocenters. The van der Waals surface area contributed by atoms with Crippen LogP contribution in [-0.2, 0) is 14.3 Å². The molecule has 148 valence electrons. The van der Waals surface area contributed by atoms with Crippen LogP contribution in [0, 0.1) is 0 Å². The number of carbonyl (C=O) groups is 2. The third-order valence-corrected chi connectivity index (χ3v) is 2.76. The molecule has 0 heterocycles. The smallest absolute Gasteiger partial charge is 0.242 e. The molecule has 0 unspecified atom stereocenters. The van der Waals surface area contributed by atoms with Gasteiger partial charge in [0.1, 0.15) is 6.54 Å². The first kappa shape index (κ1) is 26.1. The lowest BCUT2D eigenvalue weighted by atomic mass is 10.1. The molecule has 0 saturated heterocycles. The van der Waals surface area contributed by atoms with Gasteiger partial charge in [-0.25, -0.2) is 4.99 Å². The highest BCUT2D eigenvalue weighted by Crippen LogP contribution is 1.97. The summed E-state index contributed by atoms with van der Waals surface area (Å²) < 4.78 is 5.27. The van der Waals surface area contributed by atoms with Gasteiger partial charge in [0, 0.05) is 39.4 Å². The summed E-state index contributed by atoms with van der Waals surface area (Å²) in [6.45, 7) is 9.77. The minimum Gasteiger partial charge on any atom is -0.382 e. The second kappa shape index (κ2) is 14.1. The van der Waals surface area contributed by atoms with Crippen molar-refractivity contribution in [1.82, 2.24) is 20.9 Å². The predicted octanol–water partition coefficient (Wildman–Crippen LogP) is 0.569. The summed E-state index contributed by atoms with van der Waals surface area (Å²) in [7, 11) is 3.38. The molecular formula is C16H34IN5O3. The maximum absolute atomic E-state index is 11.9. The summed E-state index contributed by atoms with van der Waals surface area (Å²) in [4.78, 5) is 29.2. The van der Waals surface area contributed by atoms with Crippen LogP contribution in [0.2, 0.25) is 0 Å². The lowest BCUT2D eigenvalue weighted by molar-refractivity contribution is -0.127. The summed E-state index contributed by atoms with van der Waals surface area (Å²) in [5.74, 6) is 0.195. The Morgan fingerprint density at radius 3 is 2.32 bits per heavy atom. The first-order chi connectivity index (χ1) is 11.2. The zero-order valence-electron chi connectivity index (χ0n) is 16.3. The fourth-order valence-corrected chi connectivity index (χ4v) is 1.63. The Kier molecular flexibility index (Phi) is 14.7. The Morgan fingerprint density at radius 2 is 1.80 bits per heavy atom. The van der Waals surface area contributed by atoms with Crippen molar-refractivity contribution in [2.45, 2.75) is 39.7 Å². The summed E-state index contributed by atoms with van der Waals surface area (Å²) in [5.41, 5.74) is -0.300. The largest absolute Gasteiger partial charge is 0.382 e. The van der Waals surface area contributed by atoms with Gasteiger partial charge in [0.25, 0.3) is 0 Å². The van der Waals surface area contributed by atoms with Gasteiger partial charge in [0.2, 0.25) is 11.8 Å². The summed E-state index contributed by atoms with van der Waals surface area (Å²) >= 11 is 0. The Labute approximate surface area is 168 Å². The Hall–Kier alpha value is -1.10. The number of carbonyl (C=O) groups excluding carboxylic acids is 2. The van der Waals surface area contributed by atoms with Crippen molar-refractivity contribution < 1.29 is 14.3 Å². The summed E-state index contributed by atoms with van der Waals surface area (Å²) in [6.07, 6.45) is 0.810. The average Bonchev–Trinajstić information content (AvgIpc) is 2.46. The number of hydrogen-bond donors (Lipinski definition) is 3. The van der Waals surface area contributed by atoms with E-state index in [2.05, 4.69) is 20.9 Å². The summed E-state index contributed by atoms with van der Waals surface area (Å²) in [5, 5.41) is 8.88. The number of aliphatic imine (C=N–C) groups is 1. The molecule has 0 radical (unpaired) electrons. The Bertz CT molecular complexity index is 422. The number of guanidine groups is 1. The minimum atomic E-state index is -0.300. The molecular weight excluding hydrogens is 437 g/mol. The molecule has 0 spiro atoms. The number of nitrogens with zero attached hydrogens (tertiary/aromatic N) is 2. The summed E-state index contributed by atoms with van der Waals surface area (Å²) in [6, 6.07) is 0. The van der Waals surface area contributed by atoms with Crippen LogP contribution in [0.3, 0.4) is 0 Å². The van der Waals surface area contributed by atoms with Crippen LogP contribution in [0.15, 0.2) is 4.99 Å². The van der Waals surface area contributed by atoms with E-state index < -0.39 is 0 Å². The first-order valence-corrected chi connectivity index (χ1v) is 8.26. The molecule has 0 aliphatic heterocycles. The highest BCUT2D eigenvalue weighted by Gasteiger charge is 2.13. The van der Waals surface area contributed by atoms with Crippen molar-refractivity contribution in [3.05, 3.63) is 0 Å².